The molecule has 6 aromatic rings. The number of pyridine rings is 1. The molecule has 2 aliphatic rings. The third-order valence-corrected chi connectivity index (χ3v) is 10.1. The third kappa shape index (κ3) is 6.56. The highest BCUT2D eigenvalue weighted by atomic mass is 35.5. The minimum absolute atomic E-state index is 0.0685. The number of hydrogen-bond acceptors (Lipinski definition) is 7. The second kappa shape index (κ2) is 13.5. The van der Waals surface area contributed by atoms with E-state index < -0.39 is 5.82 Å². The topological polar surface area (TPSA) is 121 Å². The van der Waals surface area contributed by atoms with Crippen molar-refractivity contribution in [2.24, 2.45) is 0 Å². The van der Waals surface area contributed by atoms with Gasteiger partial charge in [-0.25, -0.2) is 14.4 Å². The molecule has 3 aromatic carbocycles. The molecule has 0 spiro atoms. The summed E-state index contributed by atoms with van der Waals surface area (Å²) in [4.78, 5) is 25.3. The number of ether oxygens (including phenoxy) is 1. The fourth-order valence-electron chi connectivity index (χ4n) is 6.98. The van der Waals surface area contributed by atoms with Gasteiger partial charge >= 0.3 is 0 Å². The zero-order chi connectivity index (χ0) is 34.4. The fraction of sp³-hybridized carbons (Fsp3) is 0.316. The van der Waals surface area contributed by atoms with Gasteiger partial charge in [0.1, 0.15) is 25.0 Å². The Hall–Kier alpha value is -4.84. The van der Waals surface area contributed by atoms with E-state index in [1.54, 1.807) is 34.9 Å². The zero-order valence-electron chi connectivity index (χ0n) is 27.6. The van der Waals surface area contributed by atoms with Crippen molar-refractivity contribution in [3.63, 3.8) is 0 Å². The van der Waals surface area contributed by atoms with Crippen LogP contribution in [0.3, 0.4) is 0 Å². The van der Waals surface area contributed by atoms with Gasteiger partial charge in [-0.2, -0.15) is 5.10 Å². The number of hydrogen-bond donors (Lipinski definition) is 3. The maximum Gasteiger partial charge on any atom is 0.255 e. The first-order valence-corrected chi connectivity index (χ1v) is 17.4. The number of nitrogens with zero attached hydrogens (tertiary/aromatic N) is 5. The number of nitrogens with one attached hydrogen (secondary N) is 2. The number of aliphatic hydroxyl groups excluding tert-OH is 1. The van der Waals surface area contributed by atoms with Crippen LogP contribution < -0.4 is 10.1 Å². The van der Waals surface area contributed by atoms with Gasteiger partial charge in [0.25, 0.3) is 5.91 Å². The van der Waals surface area contributed by atoms with Crippen LogP contribution in [0.4, 0.5) is 10.1 Å². The zero-order valence-corrected chi connectivity index (χ0v) is 28.4. The molecule has 4 heterocycles. The van der Waals surface area contributed by atoms with E-state index in [2.05, 4.69) is 20.4 Å². The van der Waals surface area contributed by atoms with Gasteiger partial charge in [0.2, 0.25) is 5.88 Å². The number of likely N-dealkylation sites (tertiary alicyclic amines) is 1. The molecule has 0 atom stereocenters. The van der Waals surface area contributed by atoms with Crippen LogP contribution in [0.15, 0.2) is 66.7 Å². The largest absolute Gasteiger partial charge is 0.473 e. The molecule has 1 amide bonds. The minimum Gasteiger partial charge on any atom is -0.473 e. The summed E-state index contributed by atoms with van der Waals surface area (Å²) in [6.07, 6.45) is 4.12. The SMILES string of the molecule is Cc1cc(NC(=O)c2ccc3c(c2)nc(CN2CCC(c4cccc(OCc5ccc(Cl)cc5F)n4)CC2)n3CO)cc2c(C3CC3)[nH]nc12. The van der Waals surface area contributed by atoms with Gasteiger partial charge in [-0.05, 0) is 99.8 Å². The number of carbonyl (C=O) groups is 1. The Morgan fingerprint density at radius 3 is 2.66 bits per heavy atom. The van der Waals surface area contributed by atoms with Crippen molar-refractivity contribution in [2.75, 3.05) is 18.4 Å². The summed E-state index contributed by atoms with van der Waals surface area (Å²) in [5, 5.41) is 22.5. The molecule has 0 radical (unpaired) electrons. The van der Waals surface area contributed by atoms with Crippen LogP contribution in [0, 0.1) is 12.7 Å². The third-order valence-electron chi connectivity index (χ3n) is 9.86. The first-order chi connectivity index (χ1) is 24.3. The Labute approximate surface area is 293 Å². The van der Waals surface area contributed by atoms with E-state index >= 15 is 0 Å². The van der Waals surface area contributed by atoms with Gasteiger partial charge in [0.15, 0.2) is 0 Å². The van der Waals surface area contributed by atoms with E-state index in [0.717, 1.165) is 83.7 Å². The summed E-state index contributed by atoms with van der Waals surface area (Å²) in [6, 6.07) is 19.6. The van der Waals surface area contributed by atoms with E-state index in [9.17, 15) is 14.3 Å². The van der Waals surface area contributed by atoms with Crippen LogP contribution in [0.25, 0.3) is 21.9 Å². The highest BCUT2D eigenvalue weighted by molar-refractivity contribution is 6.30. The normalized spacial score (nSPS) is 15.6. The molecule has 1 saturated carbocycles. The van der Waals surface area contributed by atoms with Gasteiger partial charge < -0.3 is 19.7 Å². The molecule has 50 heavy (non-hydrogen) atoms. The number of aryl methyl sites for hydroxylation is 1. The van der Waals surface area contributed by atoms with Crippen LogP contribution in [0.1, 0.15) is 76.2 Å². The van der Waals surface area contributed by atoms with E-state index in [0.29, 0.717) is 40.0 Å². The van der Waals surface area contributed by atoms with Gasteiger partial charge in [-0.1, -0.05) is 23.7 Å². The summed E-state index contributed by atoms with van der Waals surface area (Å²) in [5.41, 5.74) is 7.14. The molecule has 0 bridgehead atoms. The molecular weight excluding hydrogens is 657 g/mol. The highest BCUT2D eigenvalue weighted by Crippen LogP contribution is 2.43. The number of piperidine rings is 1. The smallest absolute Gasteiger partial charge is 0.255 e. The molecule has 2 fully saturated rings. The summed E-state index contributed by atoms with van der Waals surface area (Å²) >= 11 is 5.87. The number of aromatic nitrogens is 5. The lowest BCUT2D eigenvalue weighted by Crippen LogP contribution is -2.33. The average Bonchev–Trinajstić information content (AvgIpc) is 3.77. The minimum atomic E-state index is -0.404. The van der Waals surface area contributed by atoms with Crippen LogP contribution in [0.2, 0.25) is 5.02 Å². The number of aromatic amines is 1. The van der Waals surface area contributed by atoms with Gasteiger partial charge in [-0.3, -0.25) is 14.8 Å². The number of fused-ring (bicyclic) bond motifs is 2. The molecule has 3 aromatic heterocycles. The lowest BCUT2D eigenvalue weighted by Gasteiger charge is -2.31. The Kier molecular flexibility index (Phi) is 8.72. The lowest BCUT2D eigenvalue weighted by molar-refractivity contribution is 0.102. The Balaban J connectivity index is 0.913. The number of carbonyl (C=O) groups excluding carboxylic acids is 1. The number of amides is 1. The number of rotatable bonds is 10. The van der Waals surface area contributed by atoms with Gasteiger partial charge in [0, 0.05) is 56.5 Å². The van der Waals surface area contributed by atoms with Crippen molar-refractivity contribution >= 4 is 45.1 Å². The van der Waals surface area contributed by atoms with Crippen molar-refractivity contribution in [1.82, 2.24) is 29.6 Å². The van der Waals surface area contributed by atoms with E-state index in [1.165, 1.54) is 6.07 Å². The van der Waals surface area contributed by atoms with Crippen molar-refractivity contribution in [3.05, 3.63) is 111 Å². The van der Waals surface area contributed by atoms with Crippen molar-refractivity contribution in [3.8, 4) is 5.88 Å². The molecule has 10 nitrogen and oxygen atoms in total. The van der Waals surface area contributed by atoms with E-state index in [1.807, 2.05) is 37.3 Å². The molecule has 8 rings (SSSR count). The Bertz CT molecular complexity index is 2220. The molecule has 3 N–H and O–H groups in total. The van der Waals surface area contributed by atoms with E-state index in [-0.39, 0.29) is 25.2 Å². The second-order valence-electron chi connectivity index (χ2n) is 13.3. The molecule has 1 aliphatic carbocycles. The number of H-pyrrole nitrogens is 1. The summed E-state index contributed by atoms with van der Waals surface area (Å²) in [5.74, 6) is 1.36. The predicted molar refractivity (Wildman–Crippen MR) is 190 cm³/mol. The maximum atomic E-state index is 14.2. The average molecular weight is 694 g/mol. The molecule has 1 aliphatic heterocycles. The fourth-order valence-corrected chi connectivity index (χ4v) is 7.14. The Morgan fingerprint density at radius 1 is 1.04 bits per heavy atom. The summed E-state index contributed by atoms with van der Waals surface area (Å²) in [6.45, 7) is 4.10. The van der Waals surface area contributed by atoms with Crippen molar-refractivity contribution in [1.29, 1.82) is 0 Å². The second-order valence-corrected chi connectivity index (χ2v) is 13.8. The number of benzene rings is 3. The van der Waals surface area contributed by atoms with Crippen LogP contribution >= 0.6 is 11.6 Å². The molecule has 0 unspecified atom stereocenters. The van der Waals surface area contributed by atoms with Gasteiger partial charge in [-0.15, -0.1) is 0 Å². The first-order valence-electron chi connectivity index (χ1n) is 17.0. The molecule has 12 heteroatoms. The van der Waals surface area contributed by atoms with Crippen molar-refractivity contribution in [2.45, 2.75) is 64.3 Å². The highest BCUT2D eigenvalue weighted by Gasteiger charge is 2.28. The van der Waals surface area contributed by atoms with Crippen molar-refractivity contribution < 1.29 is 19.0 Å². The molecule has 1 saturated heterocycles. The molecular formula is C38H37ClFN7O3. The summed E-state index contributed by atoms with van der Waals surface area (Å²) in [7, 11) is 0. The maximum absolute atomic E-state index is 14.2. The van der Waals surface area contributed by atoms with Crippen LogP contribution in [-0.2, 0) is 19.9 Å². The number of anilines is 1. The number of imidazole rings is 1. The number of halogens is 2. The number of aliphatic hydroxyl groups is 1. The summed E-state index contributed by atoms with van der Waals surface area (Å²) < 4.78 is 21.8. The Morgan fingerprint density at radius 2 is 1.88 bits per heavy atom. The first kappa shape index (κ1) is 32.4. The predicted octanol–water partition coefficient (Wildman–Crippen LogP) is 7.45. The monoisotopic (exact) mass is 693 g/mol. The van der Waals surface area contributed by atoms with Crippen LogP contribution in [-0.4, -0.2) is 53.7 Å². The van der Waals surface area contributed by atoms with Crippen LogP contribution in [0.5, 0.6) is 5.88 Å². The van der Waals surface area contributed by atoms with Gasteiger partial charge in [0.05, 0.1) is 23.1 Å². The van der Waals surface area contributed by atoms with E-state index in [4.69, 9.17) is 26.3 Å². The standard InChI is InChI=1S/C38H37ClFN7O3/c1-22-15-28(18-29-36(22)44-45-37(29)24-5-6-24)41-38(49)25-8-10-33-32(16-25)42-34(47(33)21-48)19-46-13-11-23(12-14-46)31-3-2-4-35(43-31)50-20-26-7-9-27(39)17-30(26)40/h2-4,7-10,15-18,23-24,48H,5-6,11-14,19-21H2,1H3,(H,41,49)(H,44,45). The molecule has 256 valence electrons. The quantitative estimate of drug-likeness (QED) is 0.136. The lowest BCUT2D eigenvalue weighted by atomic mass is 9.93.